The van der Waals surface area contributed by atoms with E-state index in [0.29, 0.717) is 30.3 Å². The Morgan fingerprint density at radius 2 is 2.25 bits per heavy atom. The smallest absolute Gasteiger partial charge is 0.253 e. The van der Waals surface area contributed by atoms with E-state index >= 15 is 0 Å². The van der Waals surface area contributed by atoms with Crippen LogP contribution in [-0.4, -0.2) is 36.0 Å². The summed E-state index contributed by atoms with van der Waals surface area (Å²) in [5.74, 6) is -1.02. The van der Waals surface area contributed by atoms with Gasteiger partial charge in [0.1, 0.15) is 5.84 Å². The molecule has 3 rings (SSSR count). The molecule has 1 saturated heterocycles. The molecule has 28 heavy (non-hydrogen) atoms. The number of fused-ring (bicyclic) bond motifs is 1. The van der Waals surface area contributed by atoms with Gasteiger partial charge in [0.05, 0.1) is 47.6 Å². The number of amides is 1. The van der Waals surface area contributed by atoms with E-state index in [4.69, 9.17) is 27.8 Å². The van der Waals surface area contributed by atoms with E-state index in [1.165, 1.54) is 12.4 Å². The lowest BCUT2D eigenvalue weighted by molar-refractivity contribution is -0.114. The summed E-state index contributed by atoms with van der Waals surface area (Å²) < 4.78 is 5.37. The number of hydrogen-bond donors (Lipinski definition) is 3. The number of primary amides is 1. The van der Waals surface area contributed by atoms with Gasteiger partial charge in [-0.3, -0.25) is 9.78 Å². The van der Waals surface area contributed by atoms with Crippen LogP contribution in [0.5, 0.6) is 0 Å². The largest absolute Gasteiger partial charge is 0.384 e. The summed E-state index contributed by atoms with van der Waals surface area (Å²) in [4.78, 5) is 20.4. The molecule has 1 aliphatic heterocycles. The number of aliphatic imine (C=N–C) groups is 1. The van der Waals surface area contributed by atoms with Gasteiger partial charge in [0, 0.05) is 23.2 Å². The van der Waals surface area contributed by atoms with Crippen molar-refractivity contribution in [3.63, 3.8) is 0 Å². The summed E-state index contributed by atoms with van der Waals surface area (Å²) in [6, 6.07) is 9.06. The quantitative estimate of drug-likeness (QED) is 0.398. The Kier molecular flexibility index (Phi) is 6.09. The molecule has 0 bridgehead atoms. The molecule has 0 radical (unpaired) electrons. The lowest BCUT2D eigenvalue weighted by atomic mass is 9.96. The van der Waals surface area contributed by atoms with Crippen LogP contribution in [0.1, 0.15) is 6.42 Å². The number of aromatic nitrogens is 1. The van der Waals surface area contributed by atoms with Crippen LogP contribution in [0.4, 0.5) is 5.69 Å². The van der Waals surface area contributed by atoms with Crippen molar-refractivity contribution >= 4 is 39.9 Å². The zero-order valence-corrected chi connectivity index (χ0v) is 15.7. The third-order valence-corrected chi connectivity index (χ3v) is 4.62. The van der Waals surface area contributed by atoms with E-state index in [-0.39, 0.29) is 23.4 Å². The number of carbonyl (C=O) groups is 1. The van der Waals surface area contributed by atoms with E-state index in [1.54, 1.807) is 18.2 Å². The maximum atomic E-state index is 11.8. The SMILES string of the molecule is N#CC1CCOCC1N/C=C(/C(N)=O)C(N)=Nc1cnc2cc(Cl)ccc2c1. The Balaban J connectivity index is 1.84. The van der Waals surface area contributed by atoms with Gasteiger partial charge in [-0.2, -0.15) is 5.26 Å². The highest BCUT2D eigenvalue weighted by Crippen LogP contribution is 2.22. The second-order valence-corrected chi connectivity index (χ2v) is 6.76. The molecule has 144 valence electrons. The predicted octanol–water partition coefficient (Wildman–Crippen LogP) is 1.76. The fourth-order valence-electron chi connectivity index (χ4n) is 2.86. The zero-order chi connectivity index (χ0) is 20.1. The molecule has 2 aromatic rings. The average molecular weight is 399 g/mol. The molecule has 1 aliphatic rings. The topological polar surface area (TPSA) is 139 Å². The molecule has 1 amide bonds. The molecule has 0 aliphatic carbocycles. The van der Waals surface area contributed by atoms with Crippen molar-refractivity contribution in [1.29, 1.82) is 5.26 Å². The minimum atomic E-state index is -0.737. The van der Waals surface area contributed by atoms with Gasteiger partial charge in [0.15, 0.2) is 0 Å². The molecule has 9 heteroatoms. The second kappa shape index (κ2) is 8.69. The highest BCUT2D eigenvalue weighted by molar-refractivity contribution is 6.31. The first-order valence-corrected chi connectivity index (χ1v) is 8.99. The maximum absolute atomic E-state index is 11.8. The van der Waals surface area contributed by atoms with Crippen molar-refractivity contribution in [3.8, 4) is 6.07 Å². The standard InChI is InChI=1S/C19H19ClN6O2/c20-13-2-1-11-5-14(8-24-16(11)6-13)26-18(22)15(19(23)27)9-25-17-10-28-4-3-12(17)7-21/h1-2,5-6,8-9,12,17,25H,3-4,10H2,(H2,22,26)(H2,23,27)/b15-9+. The minimum absolute atomic E-state index is 0.0125. The van der Waals surface area contributed by atoms with E-state index in [1.807, 2.05) is 6.07 Å². The number of nitrogens with two attached hydrogens (primary N) is 2. The lowest BCUT2D eigenvalue weighted by Crippen LogP contribution is -2.42. The van der Waals surface area contributed by atoms with Crippen LogP contribution in [0, 0.1) is 17.2 Å². The van der Waals surface area contributed by atoms with Crippen LogP contribution >= 0.6 is 11.6 Å². The molecule has 2 unspecified atom stereocenters. The minimum Gasteiger partial charge on any atom is -0.384 e. The summed E-state index contributed by atoms with van der Waals surface area (Å²) >= 11 is 5.96. The molecule has 1 aromatic carbocycles. The van der Waals surface area contributed by atoms with Gasteiger partial charge in [0.25, 0.3) is 5.91 Å². The second-order valence-electron chi connectivity index (χ2n) is 6.32. The molecule has 2 atom stereocenters. The van der Waals surface area contributed by atoms with Gasteiger partial charge in [-0.15, -0.1) is 0 Å². The van der Waals surface area contributed by atoms with Gasteiger partial charge >= 0.3 is 0 Å². The third-order valence-electron chi connectivity index (χ3n) is 4.39. The number of nitrogens with zero attached hydrogens (tertiary/aromatic N) is 3. The fourth-order valence-corrected chi connectivity index (χ4v) is 3.03. The van der Waals surface area contributed by atoms with Crippen LogP contribution in [0.3, 0.4) is 0 Å². The predicted molar refractivity (Wildman–Crippen MR) is 107 cm³/mol. The Morgan fingerprint density at radius 1 is 1.43 bits per heavy atom. The van der Waals surface area contributed by atoms with Crippen LogP contribution in [0.15, 0.2) is 47.2 Å². The Morgan fingerprint density at radius 3 is 3.00 bits per heavy atom. The van der Waals surface area contributed by atoms with Gasteiger partial charge < -0.3 is 21.5 Å². The summed E-state index contributed by atoms with van der Waals surface area (Å²) in [6.45, 7) is 0.890. The number of ether oxygens (including phenoxy) is 1. The van der Waals surface area contributed by atoms with Crippen molar-refractivity contribution in [2.45, 2.75) is 12.5 Å². The number of nitrogens with one attached hydrogen (secondary N) is 1. The zero-order valence-electron chi connectivity index (χ0n) is 14.9. The van der Waals surface area contributed by atoms with Gasteiger partial charge in [0.2, 0.25) is 0 Å². The van der Waals surface area contributed by atoms with Crippen molar-refractivity contribution < 1.29 is 9.53 Å². The van der Waals surface area contributed by atoms with Crippen LogP contribution in [-0.2, 0) is 9.53 Å². The molecule has 2 heterocycles. The van der Waals surface area contributed by atoms with E-state index in [0.717, 1.165) is 10.9 Å². The summed E-state index contributed by atoms with van der Waals surface area (Å²) in [5.41, 5.74) is 12.6. The monoisotopic (exact) mass is 398 g/mol. The van der Waals surface area contributed by atoms with Gasteiger partial charge in [-0.1, -0.05) is 17.7 Å². The number of rotatable bonds is 5. The first-order chi connectivity index (χ1) is 13.5. The molecule has 5 N–H and O–H groups in total. The maximum Gasteiger partial charge on any atom is 0.253 e. The van der Waals surface area contributed by atoms with Crippen LogP contribution < -0.4 is 16.8 Å². The number of carbonyl (C=O) groups excluding carboxylic acids is 1. The van der Waals surface area contributed by atoms with Gasteiger partial charge in [-0.05, 0) is 24.6 Å². The van der Waals surface area contributed by atoms with Crippen LogP contribution in [0.25, 0.3) is 10.9 Å². The molecule has 0 saturated carbocycles. The summed E-state index contributed by atoms with van der Waals surface area (Å²) in [6.07, 6.45) is 3.53. The van der Waals surface area contributed by atoms with E-state index in [9.17, 15) is 10.1 Å². The highest BCUT2D eigenvalue weighted by Gasteiger charge is 2.25. The first-order valence-electron chi connectivity index (χ1n) is 8.61. The number of hydrogen-bond acceptors (Lipinski definition) is 6. The molecule has 1 fully saturated rings. The van der Waals surface area contributed by atoms with Crippen molar-refractivity contribution in [2.24, 2.45) is 22.4 Å². The van der Waals surface area contributed by atoms with Crippen molar-refractivity contribution in [3.05, 3.63) is 47.3 Å². The lowest BCUT2D eigenvalue weighted by Gasteiger charge is -2.27. The first kappa shape index (κ1) is 19.6. The Bertz CT molecular complexity index is 998. The molecule has 8 nitrogen and oxygen atoms in total. The highest BCUT2D eigenvalue weighted by atomic mass is 35.5. The Labute approximate surface area is 166 Å². The fraction of sp³-hybridized carbons (Fsp3) is 0.263. The van der Waals surface area contributed by atoms with Gasteiger partial charge in [-0.25, -0.2) is 4.99 Å². The number of pyridine rings is 1. The molecular formula is C19H19ClN6O2. The van der Waals surface area contributed by atoms with Crippen molar-refractivity contribution in [1.82, 2.24) is 10.3 Å². The third kappa shape index (κ3) is 4.57. The van der Waals surface area contributed by atoms with E-state index < -0.39 is 5.91 Å². The average Bonchev–Trinajstić information content (AvgIpc) is 2.68. The number of amidine groups is 1. The van der Waals surface area contributed by atoms with Crippen LogP contribution in [0.2, 0.25) is 5.02 Å². The number of benzene rings is 1. The molecule has 0 spiro atoms. The number of halogens is 1. The Hall–Kier alpha value is -3.15. The van der Waals surface area contributed by atoms with E-state index in [2.05, 4.69) is 21.4 Å². The molecule has 1 aromatic heterocycles. The van der Waals surface area contributed by atoms with Crippen molar-refractivity contribution in [2.75, 3.05) is 13.2 Å². The summed E-state index contributed by atoms with van der Waals surface area (Å²) in [7, 11) is 0. The summed E-state index contributed by atoms with van der Waals surface area (Å²) in [5, 5.41) is 13.6. The molecular weight excluding hydrogens is 380 g/mol. The normalized spacial score (nSPS) is 20.6. The number of nitriles is 1.